The van der Waals surface area contributed by atoms with Crippen molar-refractivity contribution in [3.8, 4) is 0 Å². The molecular weight excluding hydrogens is 364 g/mol. The van der Waals surface area contributed by atoms with Crippen LogP contribution >= 0.6 is 35.0 Å². The first kappa shape index (κ1) is 16.5. The predicted molar refractivity (Wildman–Crippen MR) is 73.2 cm³/mol. The van der Waals surface area contributed by atoms with Gasteiger partial charge in [0.2, 0.25) is 5.91 Å². The second kappa shape index (κ2) is 7.78. The zero-order chi connectivity index (χ0) is 12.1. The molecule has 1 aromatic carbocycles. The van der Waals surface area contributed by atoms with Gasteiger partial charge >= 0.3 is 0 Å². The normalized spacial score (nSPS) is 9.65. The van der Waals surface area contributed by atoms with Gasteiger partial charge in [0.25, 0.3) is 0 Å². The van der Waals surface area contributed by atoms with Crippen LogP contribution in [-0.4, -0.2) is 12.5 Å². The summed E-state index contributed by atoms with van der Waals surface area (Å²) in [4.78, 5) is 11.3. The zero-order valence-electron chi connectivity index (χ0n) is 8.80. The molecule has 1 aromatic rings. The minimum absolute atomic E-state index is 0. The molecule has 7 heteroatoms. The molecular formula is C10H12ClF2IN2O. The number of nitrogens with two attached hydrogens (primary N) is 1. The Morgan fingerprint density at radius 1 is 1.35 bits per heavy atom. The van der Waals surface area contributed by atoms with E-state index >= 15 is 0 Å². The summed E-state index contributed by atoms with van der Waals surface area (Å²) in [5, 5.41) is 2.41. The average Bonchev–Trinajstić information content (AvgIpc) is 2.23. The van der Waals surface area contributed by atoms with Crippen molar-refractivity contribution in [2.24, 2.45) is 5.73 Å². The quantitative estimate of drug-likeness (QED) is 0.627. The molecule has 0 aliphatic rings. The summed E-state index contributed by atoms with van der Waals surface area (Å²) >= 11 is 1.56. The third-order valence-corrected chi connectivity index (χ3v) is 2.91. The molecule has 3 N–H and O–H groups in total. The summed E-state index contributed by atoms with van der Waals surface area (Å²) < 4.78 is 26.2. The van der Waals surface area contributed by atoms with E-state index in [4.69, 9.17) is 5.73 Å². The monoisotopic (exact) mass is 376 g/mol. The van der Waals surface area contributed by atoms with E-state index in [1.54, 1.807) is 22.6 Å². The molecule has 17 heavy (non-hydrogen) atoms. The van der Waals surface area contributed by atoms with Crippen LogP contribution < -0.4 is 11.1 Å². The van der Waals surface area contributed by atoms with Crippen LogP contribution in [0.5, 0.6) is 0 Å². The van der Waals surface area contributed by atoms with Gasteiger partial charge in [-0.15, -0.1) is 12.4 Å². The summed E-state index contributed by atoms with van der Waals surface area (Å²) in [7, 11) is 0. The van der Waals surface area contributed by atoms with Crippen LogP contribution in [0.15, 0.2) is 12.1 Å². The van der Waals surface area contributed by atoms with Crippen LogP contribution in [0, 0.1) is 15.2 Å². The maximum Gasteiger partial charge on any atom is 0.224 e. The van der Waals surface area contributed by atoms with Gasteiger partial charge in [-0.05, 0) is 47.7 Å². The van der Waals surface area contributed by atoms with E-state index in [0.717, 1.165) is 12.1 Å². The van der Waals surface area contributed by atoms with Gasteiger partial charge in [0.05, 0.1) is 3.57 Å². The number of carbonyl (C=O) groups is 1. The molecule has 3 nitrogen and oxygen atoms in total. The minimum atomic E-state index is -0.685. The Labute approximate surface area is 118 Å². The number of carbonyl (C=O) groups excluding carboxylic acids is 1. The number of rotatable bonds is 4. The van der Waals surface area contributed by atoms with Crippen LogP contribution in [0.1, 0.15) is 12.8 Å². The second-order valence-electron chi connectivity index (χ2n) is 3.19. The van der Waals surface area contributed by atoms with Crippen molar-refractivity contribution >= 4 is 46.6 Å². The fourth-order valence-corrected chi connectivity index (χ4v) is 1.43. The van der Waals surface area contributed by atoms with Crippen molar-refractivity contribution in [1.82, 2.24) is 0 Å². The van der Waals surface area contributed by atoms with Gasteiger partial charge in [0, 0.05) is 12.1 Å². The third kappa shape index (κ3) is 5.13. The summed E-state index contributed by atoms with van der Waals surface area (Å²) in [6.45, 7) is 0.406. The molecule has 0 saturated carbocycles. The maximum atomic E-state index is 13.1. The van der Waals surface area contributed by atoms with Crippen LogP contribution in [-0.2, 0) is 4.79 Å². The highest BCUT2D eigenvalue weighted by Gasteiger charge is 2.09. The van der Waals surface area contributed by atoms with E-state index in [2.05, 4.69) is 5.32 Å². The highest BCUT2D eigenvalue weighted by Crippen LogP contribution is 2.20. The fraction of sp³-hybridized carbons (Fsp3) is 0.300. The standard InChI is InChI=1S/C10H11F2IN2O.ClH/c11-7-4-6(5-8(12)10(7)13)15-9(16)2-1-3-14;/h4-5H,1-3,14H2,(H,15,16);1H. The first-order valence-electron chi connectivity index (χ1n) is 4.69. The lowest BCUT2D eigenvalue weighted by molar-refractivity contribution is -0.116. The number of halogens is 4. The Hall–Kier alpha value is -0.470. The van der Waals surface area contributed by atoms with Crippen LogP contribution in [0.4, 0.5) is 14.5 Å². The number of anilines is 1. The maximum absolute atomic E-state index is 13.1. The lowest BCUT2D eigenvalue weighted by Gasteiger charge is -2.06. The first-order chi connectivity index (χ1) is 7.54. The SMILES string of the molecule is Cl.NCCCC(=O)Nc1cc(F)c(I)c(F)c1. The van der Waals surface area contributed by atoms with Crippen molar-refractivity contribution in [3.05, 3.63) is 27.3 Å². The number of hydrogen-bond acceptors (Lipinski definition) is 2. The molecule has 96 valence electrons. The summed E-state index contributed by atoms with van der Waals surface area (Å²) in [6, 6.07) is 2.18. The molecule has 0 atom stereocenters. The number of amides is 1. The highest BCUT2D eigenvalue weighted by atomic mass is 127. The Bertz CT molecular complexity index is 381. The van der Waals surface area contributed by atoms with E-state index in [1.807, 2.05) is 0 Å². The van der Waals surface area contributed by atoms with Gasteiger partial charge < -0.3 is 11.1 Å². The van der Waals surface area contributed by atoms with E-state index in [1.165, 1.54) is 0 Å². The van der Waals surface area contributed by atoms with Crippen molar-refractivity contribution in [2.45, 2.75) is 12.8 Å². The highest BCUT2D eigenvalue weighted by molar-refractivity contribution is 14.1. The van der Waals surface area contributed by atoms with Gasteiger partial charge in [-0.1, -0.05) is 0 Å². The topological polar surface area (TPSA) is 55.1 Å². The van der Waals surface area contributed by atoms with E-state index in [0.29, 0.717) is 13.0 Å². The van der Waals surface area contributed by atoms with E-state index < -0.39 is 11.6 Å². The molecule has 0 saturated heterocycles. The minimum Gasteiger partial charge on any atom is -0.330 e. The Kier molecular flexibility index (Phi) is 7.56. The van der Waals surface area contributed by atoms with Gasteiger partial charge in [0.15, 0.2) is 0 Å². The van der Waals surface area contributed by atoms with Gasteiger partial charge in [-0.25, -0.2) is 8.78 Å². The molecule has 0 fully saturated rings. The van der Waals surface area contributed by atoms with Gasteiger partial charge in [-0.2, -0.15) is 0 Å². The van der Waals surface area contributed by atoms with Crippen molar-refractivity contribution in [2.75, 3.05) is 11.9 Å². The first-order valence-corrected chi connectivity index (χ1v) is 5.77. The number of benzene rings is 1. The van der Waals surface area contributed by atoms with E-state index in [-0.39, 0.29) is 34.0 Å². The molecule has 0 aliphatic carbocycles. The fourth-order valence-electron chi connectivity index (χ4n) is 1.11. The molecule has 0 radical (unpaired) electrons. The molecule has 0 heterocycles. The Morgan fingerprint density at radius 3 is 2.35 bits per heavy atom. The molecule has 0 aliphatic heterocycles. The number of hydrogen-bond donors (Lipinski definition) is 2. The van der Waals surface area contributed by atoms with Crippen LogP contribution in [0.25, 0.3) is 0 Å². The molecule has 0 unspecified atom stereocenters. The van der Waals surface area contributed by atoms with E-state index in [9.17, 15) is 13.6 Å². The third-order valence-electron chi connectivity index (χ3n) is 1.88. The second-order valence-corrected chi connectivity index (χ2v) is 4.27. The average molecular weight is 377 g/mol. The Morgan fingerprint density at radius 2 is 1.88 bits per heavy atom. The van der Waals surface area contributed by atoms with Crippen molar-refractivity contribution in [1.29, 1.82) is 0 Å². The molecule has 1 amide bonds. The lowest BCUT2D eigenvalue weighted by atomic mass is 10.2. The van der Waals surface area contributed by atoms with Crippen molar-refractivity contribution < 1.29 is 13.6 Å². The predicted octanol–water partition coefficient (Wildman–Crippen LogP) is 2.67. The summed E-state index contributed by atoms with van der Waals surface area (Å²) in [5.74, 6) is -1.67. The molecule has 0 aromatic heterocycles. The largest absolute Gasteiger partial charge is 0.330 e. The smallest absolute Gasteiger partial charge is 0.224 e. The summed E-state index contributed by atoms with van der Waals surface area (Å²) in [5.41, 5.74) is 5.36. The lowest BCUT2D eigenvalue weighted by Crippen LogP contribution is -2.13. The summed E-state index contributed by atoms with van der Waals surface area (Å²) in [6.07, 6.45) is 0.785. The van der Waals surface area contributed by atoms with Crippen LogP contribution in [0.2, 0.25) is 0 Å². The van der Waals surface area contributed by atoms with Crippen LogP contribution in [0.3, 0.4) is 0 Å². The Balaban J connectivity index is 0.00000256. The molecule has 0 spiro atoms. The molecule has 1 rings (SSSR count). The number of nitrogens with one attached hydrogen (secondary N) is 1. The van der Waals surface area contributed by atoms with Crippen molar-refractivity contribution in [3.63, 3.8) is 0 Å². The zero-order valence-corrected chi connectivity index (χ0v) is 11.8. The van der Waals surface area contributed by atoms with Gasteiger partial charge in [0.1, 0.15) is 11.6 Å². The van der Waals surface area contributed by atoms with Gasteiger partial charge in [-0.3, -0.25) is 4.79 Å². The molecule has 0 bridgehead atoms.